The van der Waals surface area contributed by atoms with Crippen molar-refractivity contribution < 1.29 is 19.5 Å². The van der Waals surface area contributed by atoms with Gasteiger partial charge in [0.2, 0.25) is 0 Å². The molecule has 2 amide bonds. The van der Waals surface area contributed by atoms with E-state index < -0.39 is 12.1 Å². The fourth-order valence-corrected chi connectivity index (χ4v) is 1.55. The molecule has 0 saturated carbocycles. The molecule has 0 radical (unpaired) electrons. The van der Waals surface area contributed by atoms with Crippen LogP contribution in [0.5, 0.6) is 0 Å². The molecule has 14 heavy (non-hydrogen) atoms. The number of carbonyl (C=O) groups is 2. The van der Waals surface area contributed by atoms with Crippen molar-refractivity contribution in [1.82, 2.24) is 9.96 Å². The Labute approximate surface area is 82.0 Å². The standard InChI is InChI=1S/C8H14N2O4/c1-9(14-2)7(11)6-4-3-5-10(6)8(12)13/h6H,3-5H2,1-2H3,(H,12,13). The maximum atomic E-state index is 11.6. The van der Waals surface area contributed by atoms with E-state index in [1.165, 1.54) is 14.2 Å². The normalized spacial score (nSPS) is 21.0. The summed E-state index contributed by atoms with van der Waals surface area (Å²) in [5, 5.41) is 9.86. The van der Waals surface area contributed by atoms with Crippen molar-refractivity contribution in [2.45, 2.75) is 18.9 Å². The molecule has 1 unspecified atom stereocenters. The van der Waals surface area contributed by atoms with Crippen LogP contribution in [0.4, 0.5) is 4.79 Å². The number of hydroxylamine groups is 2. The fourth-order valence-electron chi connectivity index (χ4n) is 1.55. The molecule has 1 saturated heterocycles. The number of likely N-dealkylation sites (tertiary alicyclic amines) is 1. The lowest BCUT2D eigenvalue weighted by atomic mass is 10.2. The zero-order chi connectivity index (χ0) is 10.7. The maximum absolute atomic E-state index is 11.6. The summed E-state index contributed by atoms with van der Waals surface area (Å²) in [5.41, 5.74) is 0. The van der Waals surface area contributed by atoms with E-state index in [0.29, 0.717) is 13.0 Å². The van der Waals surface area contributed by atoms with E-state index in [4.69, 9.17) is 9.94 Å². The molecule has 0 spiro atoms. The first-order valence-electron chi connectivity index (χ1n) is 4.39. The van der Waals surface area contributed by atoms with Crippen LogP contribution < -0.4 is 0 Å². The SMILES string of the molecule is CON(C)C(=O)C1CCCN1C(=O)O. The molecule has 0 bridgehead atoms. The molecular weight excluding hydrogens is 188 g/mol. The summed E-state index contributed by atoms with van der Waals surface area (Å²) in [4.78, 5) is 28.2. The lowest BCUT2D eigenvalue weighted by molar-refractivity contribution is -0.173. The minimum absolute atomic E-state index is 0.313. The Morgan fingerprint density at radius 1 is 1.57 bits per heavy atom. The predicted molar refractivity (Wildman–Crippen MR) is 47.5 cm³/mol. The van der Waals surface area contributed by atoms with Gasteiger partial charge in [-0.3, -0.25) is 14.5 Å². The van der Waals surface area contributed by atoms with Gasteiger partial charge in [0.1, 0.15) is 6.04 Å². The van der Waals surface area contributed by atoms with E-state index >= 15 is 0 Å². The Hall–Kier alpha value is -1.30. The summed E-state index contributed by atoms with van der Waals surface area (Å²) in [6.07, 6.45) is 0.240. The highest BCUT2D eigenvalue weighted by atomic mass is 16.7. The average molecular weight is 202 g/mol. The van der Waals surface area contributed by atoms with Crippen LogP contribution in [0.1, 0.15) is 12.8 Å². The number of hydrogen-bond acceptors (Lipinski definition) is 3. The highest BCUT2D eigenvalue weighted by Crippen LogP contribution is 2.18. The molecule has 80 valence electrons. The molecule has 1 heterocycles. The van der Waals surface area contributed by atoms with E-state index in [0.717, 1.165) is 16.4 Å². The number of amides is 2. The molecule has 6 heteroatoms. The Morgan fingerprint density at radius 3 is 2.71 bits per heavy atom. The number of likely N-dealkylation sites (N-methyl/N-ethyl adjacent to an activating group) is 1. The summed E-state index contributed by atoms with van der Waals surface area (Å²) in [7, 11) is 2.85. The van der Waals surface area contributed by atoms with Gasteiger partial charge in [0.25, 0.3) is 5.91 Å². The van der Waals surface area contributed by atoms with Crippen LogP contribution in [0.25, 0.3) is 0 Å². The van der Waals surface area contributed by atoms with Crippen molar-refractivity contribution in [3.05, 3.63) is 0 Å². The van der Waals surface area contributed by atoms with Gasteiger partial charge in [-0.2, -0.15) is 0 Å². The second kappa shape index (κ2) is 4.28. The molecule has 1 atom stereocenters. The molecule has 0 aromatic carbocycles. The van der Waals surface area contributed by atoms with Crippen LogP contribution in [0.2, 0.25) is 0 Å². The third kappa shape index (κ3) is 1.95. The molecular formula is C8H14N2O4. The van der Waals surface area contributed by atoms with E-state index in [2.05, 4.69) is 0 Å². The fraction of sp³-hybridized carbons (Fsp3) is 0.750. The summed E-state index contributed by atoms with van der Waals surface area (Å²) in [6.45, 7) is 0.420. The minimum atomic E-state index is -1.05. The van der Waals surface area contributed by atoms with Gasteiger partial charge in [0.15, 0.2) is 0 Å². The van der Waals surface area contributed by atoms with Crippen molar-refractivity contribution in [2.24, 2.45) is 0 Å². The van der Waals surface area contributed by atoms with Gasteiger partial charge in [-0.05, 0) is 12.8 Å². The first-order valence-corrected chi connectivity index (χ1v) is 4.39. The van der Waals surface area contributed by atoms with Gasteiger partial charge in [0.05, 0.1) is 7.11 Å². The van der Waals surface area contributed by atoms with Crippen LogP contribution in [0.3, 0.4) is 0 Å². The number of carboxylic acid groups (broad SMARTS) is 1. The summed E-state index contributed by atoms with van der Waals surface area (Å²) in [5.74, 6) is -0.313. The Balaban J connectivity index is 2.67. The van der Waals surface area contributed by atoms with Crippen LogP contribution >= 0.6 is 0 Å². The molecule has 0 aromatic rings. The molecule has 6 nitrogen and oxygen atoms in total. The molecule has 0 aromatic heterocycles. The Bertz CT molecular complexity index is 243. The summed E-state index contributed by atoms with van der Waals surface area (Å²) < 4.78 is 0. The zero-order valence-electron chi connectivity index (χ0n) is 8.27. The molecule has 1 N–H and O–H groups in total. The van der Waals surface area contributed by atoms with E-state index in [1.54, 1.807) is 0 Å². The van der Waals surface area contributed by atoms with Crippen LogP contribution in [0, 0.1) is 0 Å². The smallest absolute Gasteiger partial charge is 0.407 e. The molecule has 0 aliphatic carbocycles. The number of hydrogen-bond donors (Lipinski definition) is 1. The Morgan fingerprint density at radius 2 is 2.21 bits per heavy atom. The van der Waals surface area contributed by atoms with E-state index in [-0.39, 0.29) is 5.91 Å². The highest BCUT2D eigenvalue weighted by Gasteiger charge is 2.35. The maximum Gasteiger partial charge on any atom is 0.407 e. The van der Waals surface area contributed by atoms with Crippen LogP contribution in [-0.2, 0) is 9.63 Å². The van der Waals surface area contributed by atoms with Gasteiger partial charge in [-0.25, -0.2) is 9.86 Å². The topological polar surface area (TPSA) is 70.1 Å². The first kappa shape index (κ1) is 10.8. The minimum Gasteiger partial charge on any atom is -0.465 e. The van der Waals surface area contributed by atoms with Crippen molar-refractivity contribution in [1.29, 1.82) is 0 Å². The lowest BCUT2D eigenvalue weighted by Crippen LogP contribution is -2.45. The van der Waals surface area contributed by atoms with Gasteiger partial charge in [-0.15, -0.1) is 0 Å². The lowest BCUT2D eigenvalue weighted by Gasteiger charge is -2.24. The number of nitrogens with zero attached hydrogens (tertiary/aromatic N) is 2. The van der Waals surface area contributed by atoms with Crippen molar-refractivity contribution in [2.75, 3.05) is 20.7 Å². The van der Waals surface area contributed by atoms with Gasteiger partial charge >= 0.3 is 6.09 Å². The zero-order valence-corrected chi connectivity index (χ0v) is 8.27. The van der Waals surface area contributed by atoms with E-state index in [1.807, 2.05) is 0 Å². The molecule has 1 rings (SSSR count). The molecule has 1 aliphatic heterocycles. The number of rotatable bonds is 2. The largest absolute Gasteiger partial charge is 0.465 e. The predicted octanol–water partition coefficient (Wildman–Crippen LogP) is 0.149. The number of carbonyl (C=O) groups excluding carboxylic acids is 1. The second-order valence-corrected chi connectivity index (χ2v) is 3.15. The monoisotopic (exact) mass is 202 g/mol. The first-order chi connectivity index (χ1) is 6.57. The van der Waals surface area contributed by atoms with Crippen molar-refractivity contribution in [3.8, 4) is 0 Å². The molecule has 1 aliphatic rings. The third-order valence-corrected chi connectivity index (χ3v) is 2.37. The van der Waals surface area contributed by atoms with Gasteiger partial charge in [-0.1, -0.05) is 0 Å². The second-order valence-electron chi connectivity index (χ2n) is 3.15. The average Bonchev–Trinajstić information content (AvgIpc) is 2.63. The summed E-state index contributed by atoms with van der Waals surface area (Å²) in [6, 6.07) is -0.586. The molecule has 1 fully saturated rings. The van der Waals surface area contributed by atoms with Crippen molar-refractivity contribution >= 4 is 12.0 Å². The van der Waals surface area contributed by atoms with Crippen LogP contribution in [-0.4, -0.2) is 53.8 Å². The van der Waals surface area contributed by atoms with Gasteiger partial charge < -0.3 is 5.11 Å². The van der Waals surface area contributed by atoms with E-state index in [9.17, 15) is 9.59 Å². The third-order valence-electron chi connectivity index (χ3n) is 2.37. The van der Waals surface area contributed by atoms with Gasteiger partial charge in [0, 0.05) is 13.6 Å². The quantitative estimate of drug-likeness (QED) is 0.647. The highest BCUT2D eigenvalue weighted by molar-refractivity contribution is 5.84. The Kier molecular flexibility index (Phi) is 3.29. The van der Waals surface area contributed by atoms with Crippen molar-refractivity contribution in [3.63, 3.8) is 0 Å². The van der Waals surface area contributed by atoms with Crippen LogP contribution in [0.15, 0.2) is 0 Å². The summed E-state index contributed by atoms with van der Waals surface area (Å²) >= 11 is 0.